The van der Waals surface area contributed by atoms with Gasteiger partial charge in [0.05, 0.1) is 12.0 Å². The van der Waals surface area contributed by atoms with E-state index in [9.17, 15) is 0 Å². The molecule has 2 N–H and O–H groups in total. The molecule has 0 bridgehead atoms. The second-order valence-electron chi connectivity index (χ2n) is 3.96. The first-order valence-corrected chi connectivity index (χ1v) is 6.53. The van der Waals surface area contributed by atoms with E-state index in [0.29, 0.717) is 17.3 Å². The average molecular weight is 260 g/mol. The first kappa shape index (κ1) is 11.2. The van der Waals surface area contributed by atoms with E-state index in [-0.39, 0.29) is 0 Å². The maximum atomic E-state index is 5.70. The number of furan rings is 1. The smallest absolute Gasteiger partial charge is 0.205 e. The molecule has 0 saturated carbocycles. The van der Waals surface area contributed by atoms with Gasteiger partial charge in [0.25, 0.3) is 0 Å². The average Bonchev–Trinajstić information content (AvgIpc) is 2.92. The summed E-state index contributed by atoms with van der Waals surface area (Å²) in [5.74, 6) is 2.29. The minimum Gasteiger partial charge on any atom is -0.468 e. The van der Waals surface area contributed by atoms with E-state index < -0.39 is 0 Å². The molecule has 0 spiro atoms. The number of aryl methyl sites for hydroxylation is 1. The van der Waals surface area contributed by atoms with E-state index in [4.69, 9.17) is 14.6 Å². The van der Waals surface area contributed by atoms with E-state index in [2.05, 4.69) is 4.98 Å². The summed E-state index contributed by atoms with van der Waals surface area (Å²) in [7, 11) is 0. The number of aromatic nitrogens is 1. The number of nitrogens with zero attached hydrogens (tertiary/aromatic N) is 1. The summed E-state index contributed by atoms with van der Waals surface area (Å²) in [5, 5.41) is 0. The van der Waals surface area contributed by atoms with E-state index in [0.717, 1.165) is 21.8 Å². The molecule has 18 heavy (non-hydrogen) atoms. The lowest BCUT2D eigenvalue weighted by Crippen LogP contribution is -1.82. The molecule has 2 aromatic heterocycles. The number of anilines is 1. The first-order valence-electron chi connectivity index (χ1n) is 5.54. The van der Waals surface area contributed by atoms with Crippen molar-refractivity contribution >= 4 is 28.5 Å². The minimum atomic E-state index is 0.676. The van der Waals surface area contributed by atoms with Crippen molar-refractivity contribution in [1.29, 1.82) is 0 Å². The van der Waals surface area contributed by atoms with Gasteiger partial charge in [0, 0.05) is 10.6 Å². The van der Waals surface area contributed by atoms with Gasteiger partial charge in [-0.2, -0.15) is 0 Å². The molecular formula is C13H12N2O2S. The van der Waals surface area contributed by atoms with E-state index in [1.807, 2.05) is 31.2 Å². The molecule has 0 amide bonds. The number of thioether (sulfide) groups is 1. The molecule has 3 aromatic rings. The van der Waals surface area contributed by atoms with Gasteiger partial charge in [0.15, 0.2) is 5.58 Å². The number of benzene rings is 1. The van der Waals surface area contributed by atoms with Gasteiger partial charge in [-0.1, -0.05) is 0 Å². The molecule has 0 unspecified atom stereocenters. The SMILES string of the molecule is Cc1occc1SCc1nc2cc(N)ccc2o1. The fourth-order valence-electron chi connectivity index (χ4n) is 1.72. The Balaban J connectivity index is 1.81. The molecule has 0 radical (unpaired) electrons. The summed E-state index contributed by atoms with van der Waals surface area (Å²) < 4.78 is 10.9. The highest BCUT2D eigenvalue weighted by atomic mass is 32.2. The van der Waals surface area contributed by atoms with Crippen LogP contribution in [0.1, 0.15) is 11.7 Å². The minimum absolute atomic E-state index is 0.676. The van der Waals surface area contributed by atoms with Crippen LogP contribution in [0.5, 0.6) is 0 Å². The number of hydrogen-bond donors (Lipinski definition) is 1. The summed E-state index contributed by atoms with van der Waals surface area (Å²) in [4.78, 5) is 5.51. The van der Waals surface area contributed by atoms with Crippen LogP contribution < -0.4 is 5.73 Å². The molecule has 0 fully saturated rings. The summed E-state index contributed by atoms with van der Waals surface area (Å²) in [6.45, 7) is 1.94. The van der Waals surface area contributed by atoms with Gasteiger partial charge in [0.2, 0.25) is 5.89 Å². The topological polar surface area (TPSA) is 65.2 Å². The number of rotatable bonds is 3. The highest BCUT2D eigenvalue weighted by Crippen LogP contribution is 2.28. The number of nitrogens with two attached hydrogens (primary N) is 1. The van der Waals surface area contributed by atoms with Crippen LogP contribution in [0.15, 0.2) is 44.3 Å². The van der Waals surface area contributed by atoms with Crippen LogP contribution in [0.3, 0.4) is 0 Å². The molecule has 0 aliphatic carbocycles. The number of oxazole rings is 1. The van der Waals surface area contributed by atoms with Crippen LogP contribution in [0.4, 0.5) is 5.69 Å². The largest absolute Gasteiger partial charge is 0.468 e. The molecular weight excluding hydrogens is 248 g/mol. The molecule has 0 aliphatic rings. The van der Waals surface area contributed by atoms with Gasteiger partial charge in [0.1, 0.15) is 11.3 Å². The second kappa shape index (κ2) is 4.42. The number of fused-ring (bicyclic) bond motifs is 1. The summed E-state index contributed by atoms with van der Waals surface area (Å²) >= 11 is 1.64. The number of hydrogen-bond acceptors (Lipinski definition) is 5. The molecule has 0 aliphatic heterocycles. The Bertz CT molecular complexity index is 687. The molecule has 3 rings (SSSR count). The maximum absolute atomic E-state index is 5.70. The fraction of sp³-hybridized carbons (Fsp3) is 0.154. The number of nitrogen functional groups attached to an aromatic ring is 1. The fourth-order valence-corrected chi connectivity index (χ4v) is 2.52. The van der Waals surface area contributed by atoms with Gasteiger partial charge in [-0.3, -0.25) is 0 Å². The highest BCUT2D eigenvalue weighted by molar-refractivity contribution is 7.98. The van der Waals surface area contributed by atoms with Crippen LogP contribution in [0.25, 0.3) is 11.1 Å². The van der Waals surface area contributed by atoms with Crippen LogP contribution in [-0.4, -0.2) is 4.98 Å². The predicted molar refractivity (Wildman–Crippen MR) is 71.4 cm³/mol. The third-order valence-electron chi connectivity index (χ3n) is 2.62. The standard InChI is InChI=1S/C13H12N2O2S/c1-8-12(4-5-16-8)18-7-13-15-10-6-9(14)2-3-11(10)17-13/h2-6H,7,14H2,1H3. The first-order chi connectivity index (χ1) is 8.72. The van der Waals surface area contributed by atoms with Crippen LogP contribution >= 0.6 is 11.8 Å². The van der Waals surface area contributed by atoms with Gasteiger partial charge in [-0.05, 0) is 31.2 Å². The molecule has 0 atom stereocenters. The van der Waals surface area contributed by atoms with Gasteiger partial charge < -0.3 is 14.6 Å². The van der Waals surface area contributed by atoms with Crippen molar-refractivity contribution in [3.8, 4) is 0 Å². The van der Waals surface area contributed by atoms with Gasteiger partial charge in [-0.25, -0.2) is 4.98 Å². The molecule has 92 valence electrons. The van der Waals surface area contributed by atoms with E-state index in [1.54, 1.807) is 18.0 Å². The Morgan fingerprint density at radius 1 is 1.33 bits per heavy atom. The lowest BCUT2D eigenvalue weighted by Gasteiger charge is -1.94. The Kier molecular flexibility index (Phi) is 2.76. The highest BCUT2D eigenvalue weighted by Gasteiger charge is 2.08. The normalized spacial score (nSPS) is 11.2. The quantitative estimate of drug-likeness (QED) is 0.575. The summed E-state index contributed by atoms with van der Waals surface area (Å²) in [6, 6.07) is 7.41. The van der Waals surface area contributed by atoms with Crippen molar-refractivity contribution in [3.05, 3.63) is 42.2 Å². The maximum Gasteiger partial charge on any atom is 0.205 e. The molecule has 1 aromatic carbocycles. The lowest BCUT2D eigenvalue weighted by atomic mass is 10.3. The van der Waals surface area contributed by atoms with Gasteiger partial charge in [-0.15, -0.1) is 11.8 Å². The Hall–Kier alpha value is -1.88. The Morgan fingerprint density at radius 3 is 3.00 bits per heavy atom. The third kappa shape index (κ3) is 2.09. The summed E-state index contributed by atoms with van der Waals surface area (Å²) in [6.07, 6.45) is 1.68. The zero-order valence-corrected chi connectivity index (χ0v) is 10.7. The predicted octanol–water partition coefficient (Wildman–Crippen LogP) is 3.60. The zero-order valence-electron chi connectivity index (χ0n) is 9.84. The summed E-state index contributed by atoms with van der Waals surface area (Å²) in [5.41, 5.74) is 7.97. The van der Waals surface area contributed by atoms with Crippen molar-refractivity contribution in [2.45, 2.75) is 17.6 Å². The van der Waals surface area contributed by atoms with Crippen LogP contribution in [-0.2, 0) is 5.75 Å². The molecule has 0 saturated heterocycles. The third-order valence-corrected chi connectivity index (χ3v) is 3.74. The van der Waals surface area contributed by atoms with Crippen molar-refractivity contribution < 1.29 is 8.83 Å². The van der Waals surface area contributed by atoms with Crippen molar-refractivity contribution in [3.63, 3.8) is 0 Å². The van der Waals surface area contributed by atoms with E-state index >= 15 is 0 Å². The Morgan fingerprint density at radius 2 is 2.22 bits per heavy atom. The lowest BCUT2D eigenvalue weighted by molar-refractivity contribution is 0.526. The van der Waals surface area contributed by atoms with Crippen LogP contribution in [0.2, 0.25) is 0 Å². The van der Waals surface area contributed by atoms with Crippen molar-refractivity contribution in [1.82, 2.24) is 4.98 Å². The van der Waals surface area contributed by atoms with Crippen molar-refractivity contribution in [2.75, 3.05) is 5.73 Å². The van der Waals surface area contributed by atoms with Crippen molar-refractivity contribution in [2.24, 2.45) is 0 Å². The monoisotopic (exact) mass is 260 g/mol. The van der Waals surface area contributed by atoms with Crippen LogP contribution in [0, 0.1) is 6.92 Å². The zero-order chi connectivity index (χ0) is 12.5. The van der Waals surface area contributed by atoms with E-state index in [1.165, 1.54) is 0 Å². The van der Waals surface area contributed by atoms with Gasteiger partial charge >= 0.3 is 0 Å². The molecule has 4 nitrogen and oxygen atoms in total. The molecule has 5 heteroatoms. The second-order valence-corrected chi connectivity index (χ2v) is 4.98. The molecule has 2 heterocycles. The Labute approximate surface area is 108 Å².